The molecule has 1 saturated carbocycles. The van der Waals surface area contributed by atoms with Gasteiger partial charge in [-0.3, -0.25) is 9.59 Å². The van der Waals surface area contributed by atoms with Crippen molar-refractivity contribution in [1.82, 2.24) is 14.9 Å². The third-order valence-corrected chi connectivity index (χ3v) is 4.15. The predicted molar refractivity (Wildman–Crippen MR) is 67.3 cm³/mol. The van der Waals surface area contributed by atoms with Crippen molar-refractivity contribution in [3.8, 4) is 0 Å². The van der Waals surface area contributed by atoms with Crippen molar-refractivity contribution in [1.29, 1.82) is 0 Å². The van der Waals surface area contributed by atoms with Crippen LogP contribution in [0.25, 0.3) is 0 Å². The summed E-state index contributed by atoms with van der Waals surface area (Å²) in [6.07, 6.45) is 6.43. The molecule has 19 heavy (non-hydrogen) atoms. The maximum absolute atomic E-state index is 12.4. The standard InChI is InChI=1S/C13H16N4O2/c14-12(18)10-11(16-5-4-15-10)13(19)17-6-8-2-1-3-9(8)7-17/h4-5,8-9H,1-3,6-7H2,(H2,14,18). The molecule has 1 aromatic heterocycles. The van der Waals surface area contributed by atoms with E-state index < -0.39 is 5.91 Å². The van der Waals surface area contributed by atoms with Gasteiger partial charge in [0.2, 0.25) is 0 Å². The van der Waals surface area contributed by atoms with Crippen LogP contribution in [0, 0.1) is 11.8 Å². The molecule has 6 heteroatoms. The molecular weight excluding hydrogens is 244 g/mol. The number of carbonyl (C=O) groups is 2. The minimum Gasteiger partial charge on any atom is -0.364 e. The summed E-state index contributed by atoms with van der Waals surface area (Å²) < 4.78 is 0. The lowest BCUT2D eigenvalue weighted by atomic mass is 10.0. The maximum Gasteiger partial charge on any atom is 0.274 e. The Hall–Kier alpha value is -1.98. The molecule has 3 rings (SSSR count). The summed E-state index contributed by atoms with van der Waals surface area (Å²) in [5, 5.41) is 0. The van der Waals surface area contributed by atoms with Crippen LogP contribution in [0.15, 0.2) is 12.4 Å². The van der Waals surface area contributed by atoms with Gasteiger partial charge in [-0.2, -0.15) is 0 Å². The smallest absolute Gasteiger partial charge is 0.274 e. The molecule has 1 aromatic rings. The average Bonchev–Trinajstić information content (AvgIpc) is 2.98. The number of aromatic nitrogens is 2. The van der Waals surface area contributed by atoms with Crippen LogP contribution in [-0.2, 0) is 0 Å². The zero-order chi connectivity index (χ0) is 13.4. The van der Waals surface area contributed by atoms with E-state index in [-0.39, 0.29) is 17.3 Å². The number of likely N-dealkylation sites (tertiary alicyclic amines) is 1. The number of fused-ring (bicyclic) bond motifs is 1. The van der Waals surface area contributed by atoms with Gasteiger partial charge in [0.1, 0.15) is 0 Å². The van der Waals surface area contributed by atoms with Gasteiger partial charge in [0.05, 0.1) is 0 Å². The number of primary amides is 1. The van der Waals surface area contributed by atoms with E-state index in [0.29, 0.717) is 11.8 Å². The number of rotatable bonds is 2. The van der Waals surface area contributed by atoms with Crippen LogP contribution >= 0.6 is 0 Å². The van der Waals surface area contributed by atoms with E-state index in [1.54, 1.807) is 4.90 Å². The lowest BCUT2D eigenvalue weighted by Crippen LogP contribution is -2.32. The van der Waals surface area contributed by atoms with E-state index in [4.69, 9.17) is 5.73 Å². The molecule has 1 saturated heterocycles. The second-order valence-corrected chi connectivity index (χ2v) is 5.28. The molecule has 2 aliphatic rings. The third-order valence-electron chi connectivity index (χ3n) is 4.15. The molecule has 2 amide bonds. The molecule has 0 radical (unpaired) electrons. The number of amides is 2. The number of carbonyl (C=O) groups excluding carboxylic acids is 2. The first-order valence-corrected chi connectivity index (χ1v) is 6.57. The molecule has 2 heterocycles. The Morgan fingerprint density at radius 3 is 2.26 bits per heavy atom. The zero-order valence-corrected chi connectivity index (χ0v) is 10.6. The van der Waals surface area contributed by atoms with Gasteiger partial charge < -0.3 is 10.6 Å². The fourth-order valence-electron chi connectivity index (χ4n) is 3.23. The van der Waals surface area contributed by atoms with E-state index in [0.717, 1.165) is 13.1 Å². The van der Waals surface area contributed by atoms with Crippen molar-refractivity contribution < 1.29 is 9.59 Å². The maximum atomic E-state index is 12.4. The lowest BCUT2D eigenvalue weighted by Gasteiger charge is -2.17. The molecule has 1 aliphatic carbocycles. The topological polar surface area (TPSA) is 89.2 Å². The van der Waals surface area contributed by atoms with Gasteiger partial charge in [-0.15, -0.1) is 0 Å². The molecular formula is C13H16N4O2. The van der Waals surface area contributed by atoms with E-state index in [2.05, 4.69) is 9.97 Å². The minimum atomic E-state index is -0.712. The molecule has 1 aliphatic heterocycles. The van der Waals surface area contributed by atoms with Gasteiger partial charge in [0.15, 0.2) is 11.4 Å². The average molecular weight is 260 g/mol. The molecule has 0 spiro atoms. The Labute approximate surface area is 111 Å². The van der Waals surface area contributed by atoms with Crippen LogP contribution < -0.4 is 5.73 Å². The Kier molecular flexibility index (Phi) is 2.93. The van der Waals surface area contributed by atoms with Crippen molar-refractivity contribution in [2.75, 3.05) is 13.1 Å². The van der Waals surface area contributed by atoms with Gasteiger partial charge >= 0.3 is 0 Å². The minimum absolute atomic E-state index is 0.0374. The molecule has 0 bridgehead atoms. The van der Waals surface area contributed by atoms with Crippen LogP contribution in [0.4, 0.5) is 0 Å². The zero-order valence-electron chi connectivity index (χ0n) is 10.6. The summed E-state index contributed by atoms with van der Waals surface area (Å²) in [5.74, 6) is 0.280. The summed E-state index contributed by atoms with van der Waals surface area (Å²) in [5.41, 5.74) is 5.27. The fourth-order valence-corrected chi connectivity index (χ4v) is 3.23. The summed E-state index contributed by atoms with van der Waals surface area (Å²) in [7, 11) is 0. The van der Waals surface area contributed by atoms with E-state index >= 15 is 0 Å². The summed E-state index contributed by atoms with van der Waals surface area (Å²) in [4.78, 5) is 33.3. The van der Waals surface area contributed by atoms with E-state index in [1.165, 1.54) is 31.7 Å². The Bertz CT molecular complexity index is 519. The Balaban J connectivity index is 1.83. The van der Waals surface area contributed by atoms with Crippen molar-refractivity contribution in [2.45, 2.75) is 19.3 Å². The molecule has 2 unspecified atom stereocenters. The highest BCUT2D eigenvalue weighted by molar-refractivity contribution is 6.04. The predicted octanol–water partition coefficient (Wildman–Crippen LogP) is 0.448. The lowest BCUT2D eigenvalue weighted by molar-refractivity contribution is 0.0768. The highest BCUT2D eigenvalue weighted by atomic mass is 16.2. The highest BCUT2D eigenvalue weighted by Crippen LogP contribution is 2.38. The van der Waals surface area contributed by atoms with E-state index in [9.17, 15) is 9.59 Å². The normalized spacial score (nSPS) is 25.4. The van der Waals surface area contributed by atoms with Gasteiger partial charge in [-0.05, 0) is 24.7 Å². The summed E-state index contributed by atoms with van der Waals surface area (Å²) in [6.45, 7) is 1.52. The molecule has 2 fully saturated rings. The van der Waals surface area contributed by atoms with Gasteiger partial charge in [0.25, 0.3) is 11.8 Å². The van der Waals surface area contributed by atoms with Crippen molar-refractivity contribution in [2.24, 2.45) is 17.6 Å². The monoisotopic (exact) mass is 260 g/mol. The van der Waals surface area contributed by atoms with Gasteiger partial charge in [-0.25, -0.2) is 9.97 Å². The summed E-state index contributed by atoms with van der Waals surface area (Å²) >= 11 is 0. The highest BCUT2D eigenvalue weighted by Gasteiger charge is 2.39. The first kappa shape index (κ1) is 12.1. The van der Waals surface area contributed by atoms with E-state index in [1.807, 2.05) is 0 Å². The van der Waals surface area contributed by atoms with Crippen molar-refractivity contribution in [3.05, 3.63) is 23.8 Å². The van der Waals surface area contributed by atoms with Crippen LogP contribution in [0.3, 0.4) is 0 Å². The molecule has 0 aromatic carbocycles. The fraction of sp³-hybridized carbons (Fsp3) is 0.538. The second-order valence-electron chi connectivity index (χ2n) is 5.28. The quantitative estimate of drug-likeness (QED) is 0.836. The van der Waals surface area contributed by atoms with Crippen LogP contribution in [-0.4, -0.2) is 39.8 Å². The first-order valence-electron chi connectivity index (χ1n) is 6.57. The first-order chi connectivity index (χ1) is 9.16. The molecule has 100 valence electrons. The number of nitrogens with zero attached hydrogens (tertiary/aromatic N) is 3. The van der Waals surface area contributed by atoms with Gasteiger partial charge in [0, 0.05) is 25.5 Å². The third kappa shape index (κ3) is 2.07. The number of hydrogen-bond acceptors (Lipinski definition) is 4. The molecule has 2 N–H and O–H groups in total. The molecule has 6 nitrogen and oxygen atoms in total. The Morgan fingerprint density at radius 2 is 1.68 bits per heavy atom. The summed E-state index contributed by atoms with van der Waals surface area (Å²) in [6, 6.07) is 0. The van der Waals surface area contributed by atoms with Crippen molar-refractivity contribution >= 4 is 11.8 Å². The number of hydrogen-bond donors (Lipinski definition) is 1. The van der Waals surface area contributed by atoms with Crippen LogP contribution in [0.2, 0.25) is 0 Å². The molecule has 2 atom stereocenters. The Morgan fingerprint density at radius 1 is 1.11 bits per heavy atom. The SMILES string of the molecule is NC(=O)c1nccnc1C(=O)N1CC2CCCC2C1. The largest absolute Gasteiger partial charge is 0.364 e. The van der Waals surface area contributed by atoms with Crippen LogP contribution in [0.1, 0.15) is 40.2 Å². The van der Waals surface area contributed by atoms with Gasteiger partial charge in [-0.1, -0.05) is 6.42 Å². The van der Waals surface area contributed by atoms with Crippen LogP contribution in [0.5, 0.6) is 0 Å². The van der Waals surface area contributed by atoms with Crippen molar-refractivity contribution in [3.63, 3.8) is 0 Å². The second kappa shape index (κ2) is 4.60. The number of nitrogens with two attached hydrogens (primary N) is 1.